The molecule has 0 radical (unpaired) electrons. The Labute approximate surface area is 160 Å². The van der Waals surface area contributed by atoms with Crippen molar-refractivity contribution in [2.75, 3.05) is 17.2 Å². The van der Waals surface area contributed by atoms with Crippen LogP contribution in [0.15, 0.2) is 41.7 Å². The van der Waals surface area contributed by atoms with Gasteiger partial charge in [0.25, 0.3) is 5.56 Å². The minimum atomic E-state index is -2.59. The second-order valence-electron chi connectivity index (χ2n) is 6.73. The average molecular weight is 369 g/mol. The fourth-order valence-electron chi connectivity index (χ4n) is 3.49. The Morgan fingerprint density at radius 2 is 2.30 bits per heavy atom. The van der Waals surface area contributed by atoms with Crippen molar-refractivity contribution in [1.29, 1.82) is 0 Å². The molecule has 8 nitrogen and oxygen atoms in total. The predicted octanol–water partition coefficient (Wildman–Crippen LogP) is 2.04. The fraction of sp³-hybridized carbons (Fsp3) is 0.368. The highest BCUT2D eigenvalue weighted by molar-refractivity contribution is 5.93. The summed E-state index contributed by atoms with van der Waals surface area (Å²) in [5, 5.41) is 16.5. The lowest BCUT2D eigenvalue weighted by Crippen LogP contribution is -2.22. The minimum Gasteiger partial charge on any atom is -0.396 e. The molecule has 0 saturated heterocycles. The quantitative estimate of drug-likeness (QED) is 0.632. The zero-order valence-corrected chi connectivity index (χ0v) is 14.6. The number of hydrogen-bond acceptors (Lipinski definition) is 7. The van der Waals surface area contributed by atoms with Gasteiger partial charge < -0.3 is 20.3 Å². The summed E-state index contributed by atoms with van der Waals surface area (Å²) < 4.78 is 23.6. The predicted molar refractivity (Wildman–Crippen MR) is 104 cm³/mol. The maximum Gasteiger partial charge on any atom is 0.261 e. The van der Waals surface area contributed by atoms with Gasteiger partial charge in [0, 0.05) is 42.3 Å². The number of aliphatic hydroxyl groups is 1. The largest absolute Gasteiger partial charge is 0.396 e. The van der Waals surface area contributed by atoms with Gasteiger partial charge in [-0.05, 0) is 42.7 Å². The number of nitrogens with one attached hydrogen (secondary N) is 2. The van der Waals surface area contributed by atoms with Crippen LogP contribution in [0.4, 0.5) is 17.5 Å². The van der Waals surface area contributed by atoms with Gasteiger partial charge >= 0.3 is 0 Å². The Bertz CT molecular complexity index is 1100. The van der Waals surface area contributed by atoms with E-state index >= 15 is 0 Å². The van der Waals surface area contributed by atoms with Crippen molar-refractivity contribution in [2.45, 2.75) is 25.3 Å². The van der Waals surface area contributed by atoms with Crippen LogP contribution in [-0.4, -0.2) is 37.3 Å². The summed E-state index contributed by atoms with van der Waals surface area (Å²) in [6.45, 7) is -2.47. The van der Waals surface area contributed by atoms with Crippen LogP contribution in [0.5, 0.6) is 0 Å². The summed E-state index contributed by atoms with van der Waals surface area (Å²) in [5.41, 5.74) is -0.634. The second-order valence-corrected chi connectivity index (χ2v) is 6.73. The standard InChI is InChI=1S/C19H22N6O2/c1-25-7-4-13-9-15(23-16-10-20-5-6-21-16)24-18(17(13)19(25)27)22-14-3-2-12(8-14)11-26/h4-7,9-10,12,14,26H,2-3,8,11H2,1H3,(H2,21,22,23,24)/t12-,14+/m1/s1/i1D3. The maximum absolute atomic E-state index is 13.0. The topological polar surface area (TPSA) is 105 Å². The van der Waals surface area contributed by atoms with Crippen molar-refractivity contribution >= 4 is 28.2 Å². The normalized spacial score (nSPS) is 21.4. The Balaban J connectivity index is 1.79. The Kier molecular flexibility index (Phi) is 3.82. The van der Waals surface area contributed by atoms with Crippen molar-refractivity contribution in [3.8, 4) is 0 Å². The average Bonchev–Trinajstić information content (AvgIpc) is 3.15. The zero-order valence-electron chi connectivity index (χ0n) is 17.6. The third-order valence-electron chi connectivity index (χ3n) is 4.85. The molecule has 0 aliphatic heterocycles. The summed E-state index contributed by atoms with van der Waals surface area (Å²) in [4.78, 5) is 25.7. The molecule has 4 rings (SSSR count). The molecule has 3 heterocycles. The smallest absolute Gasteiger partial charge is 0.261 e. The van der Waals surface area contributed by atoms with E-state index in [2.05, 4.69) is 25.6 Å². The highest BCUT2D eigenvalue weighted by atomic mass is 16.3. The molecule has 0 amide bonds. The van der Waals surface area contributed by atoms with E-state index < -0.39 is 12.5 Å². The number of nitrogens with zero attached hydrogens (tertiary/aromatic N) is 4. The van der Waals surface area contributed by atoms with Gasteiger partial charge in [0.1, 0.15) is 17.5 Å². The lowest BCUT2D eigenvalue weighted by atomic mass is 10.1. The minimum absolute atomic E-state index is 0.0328. The number of hydrogen-bond donors (Lipinski definition) is 3. The first-order valence-electron chi connectivity index (χ1n) is 10.3. The van der Waals surface area contributed by atoms with Crippen molar-refractivity contribution in [3.63, 3.8) is 0 Å². The molecule has 0 spiro atoms. The maximum atomic E-state index is 13.0. The van der Waals surface area contributed by atoms with Crippen molar-refractivity contribution < 1.29 is 9.22 Å². The monoisotopic (exact) mass is 369 g/mol. The molecule has 1 aliphatic rings. The highest BCUT2D eigenvalue weighted by Gasteiger charge is 2.25. The molecular formula is C19H22N6O2. The third-order valence-corrected chi connectivity index (χ3v) is 4.85. The molecule has 3 N–H and O–H groups in total. The highest BCUT2D eigenvalue weighted by Crippen LogP contribution is 2.30. The van der Waals surface area contributed by atoms with E-state index in [0.717, 1.165) is 23.8 Å². The molecule has 3 aromatic heterocycles. The molecule has 0 bridgehead atoms. The number of aliphatic hydroxyl groups excluding tert-OH is 1. The van der Waals surface area contributed by atoms with Crippen LogP contribution in [0.3, 0.4) is 0 Å². The molecule has 0 aromatic carbocycles. The lowest BCUT2D eigenvalue weighted by molar-refractivity contribution is 0.229. The van der Waals surface area contributed by atoms with E-state index in [0.29, 0.717) is 22.8 Å². The van der Waals surface area contributed by atoms with Crippen molar-refractivity contribution in [3.05, 3.63) is 47.3 Å². The summed E-state index contributed by atoms with van der Waals surface area (Å²) in [6, 6.07) is 3.29. The number of fused-ring (bicyclic) bond motifs is 1. The van der Waals surface area contributed by atoms with Crippen LogP contribution in [0.25, 0.3) is 10.8 Å². The van der Waals surface area contributed by atoms with Crippen LogP contribution >= 0.6 is 0 Å². The summed E-state index contributed by atoms with van der Waals surface area (Å²) in [7, 11) is 0. The zero-order chi connectivity index (χ0) is 21.3. The third kappa shape index (κ3) is 3.61. The van der Waals surface area contributed by atoms with Gasteiger partial charge in [-0.2, -0.15) is 0 Å². The molecular weight excluding hydrogens is 344 g/mol. The molecule has 1 saturated carbocycles. The number of pyridine rings is 2. The van der Waals surface area contributed by atoms with Crippen LogP contribution in [0, 0.1) is 5.92 Å². The Morgan fingerprint density at radius 1 is 1.37 bits per heavy atom. The number of aromatic nitrogens is 4. The van der Waals surface area contributed by atoms with Crippen molar-refractivity contribution in [1.82, 2.24) is 19.5 Å². The molecule has 140 valence electrons. The van der Waals surface area contributed by atoms with Gasteiger partial charge in [0.05, 0.1) is 11.6 Å². The summed E-state index contributed by atoms with van der Waals surface area (Å²) in [5.74, 6) is 1.46. The molecule has 2 atom stereocenters. The van der Waals surface area contributed by atoms with E-state index in [9.17, 15) is 9.90 Å². The number of aryl methyl sites for hydroxylation is 1. The number of anilines is 3. The first-order valence-corrected chi connectivity index (χ1v) is 8.82. The molecule has 1 fully saturated rings. The van der Waals surface area contributed by atoms with Crippen LogP contribution in [-0.2, 0) is 6.98 Å². The molecule has 3 aromatic rings. The first kappa shape index (κ1) is 14.1. The molecule has 8 heteroatoms. The van der Waals surface area contributed by atoms with Gasteiger partial charge in [0.15, 0.2) is 0 Å². The van der Waals surface area contributed by atoms with Crippen molar-refractivity contribution in [2.24, 2.45) is 12.9 Å². The van der Waals surface area contributed by atoms with Gasteiger partial charge in [-0.15, -0.1) is 0 Å². The Morgan fingerprint density at radius 3 is 3.04 bits per heavy atom. The molecule has 1 aliphatic carbocycles. The van der Waals surface area contributed by atoms with Gasteiger partial charge in [0.2, 0.25) is 0 Å². The van der Waals surface area contributed by atoms with Crippen LogP contribution in [0.2, 0.25) is 0 Å². The SMILES string of the molecule is [2H]C([2H])([2H])n1ccc2cc(Nc3cnccn3)nc(N[C@H]3CC[C@@H](CO)C3)c2c1=O. The van der Waals surface area contributed by atoms with Gasteiger partial charge in [-0.1, -0.05) is 0 Å². The van der Waals surface area contributed by atoms with E-state index in [4.69, 9.17) is 4.11 Å². The second kappa shape index (κ2) is 7.32. The van der Waals surface area contributed by atoms with E-state index in [1.165, 1.54) is 6.20 Å². The fourth-order valence-corrected chi connectivity index (χ4v) is 3.49. The summed E-state index contributed by atoms with van der Waals surface area (Å²) in [6.07, 6.45) is 8.38. The van der Waals surface area contributed by atoms with Gasteiger partial charge in [-0.25, -0.2) is 9.97 Å². The number of rotatable bonds is 5. The first-order chi connectivity index (χ1) is 14.3. The van der Waals surface area contributed by atoms with Gasteiger partial charge in [-0.3, -0.25) is 9.78 Å². The molecule has 27 heavy (non-hydrogen) atoms. The van der Waals surface area contributed by atoms with E-state index in [1.807, 2.05) is 0 Å². The lowest BCUT2D eigenvalue weighted by Gasteiger charge is -2.17. The molecule has 0 unspecified atom stereocenters. The summed E-state index contributed by atoms with van der Waals surface area (Å²) >= 11 is 0. The van der Waals surface area contributed by atoms with Crippen LogP contribution in [0.1, 0.15) is 23.4 Å². The van der Waals surface area contributed by atoms with Crippen LogP contribution < -0.4 is 16.2 Å². The Hall–Kier alpha value is -3.00. The van der Waals surface area contributed by atoms with E-state index in [1.54, 1.807) is 30.7 Å². The van der Waals surface area contributed by atoms with E-state index in [-0.39, 0.29) is 24.0 Å².